The highest BCUT2D eigenvalue weighted by atomic mass is 79.9. The van der Waals surface area contributed by atoms with Crippen LogP contribution in [0.2, 0.25) is 0 Å². The highest BCUT2D eigenvalue weighted by Gasteiger charge is 2.14. The Bertz CT molecular complexity index is 1180. The molecule has 4 rings (SSSR count). The molecule has 0 unspecified atom stereocenters. The minimum Gasteiger partial charge on any atom is -0.486 e. The number of nitrogens with zero attached hydrogens (tertiary/aromatic N) is 1. The van der Waals surface area contributed by atoms with Gasteiger partial charge in [0, 0.05) is 16.1 Å². The van der Waals surface area contributed by atoms with E-state index >= 15 is 0 Å². The fourth-order valence-corrected chi connectivity index (χ4v) is 3.56. The molecule has 0 radical (unpaired) electrons. The molecule has 0 spiro atoms. The molecule has 0 atom stereocenters. The van der Waals surface area contributed by atoms with Gasteiger partial charge < -0.3 is 14.5 Å². The number of furan rings is 1. The SMILES string of the molecule is CC(C)c1ccc(OCc2ccc(C(=O)Nc3ccc(Br)c4cccnc34)o2)cc1. The second kappa shape index (κ2) is 8.71. The summed E-state index contributed by atoms with van der Waals surface area (Å²) >= 11 is 3.51. The number of nitrogens with one attached hydrogen (secondary N) is 1. The molecule has 0 aliphatic carbocycles. The van der Waals surface area contributed by atoms with Crippen LogP contribution in [-0.2, 0) is 6.61 Å². The van der Waals surface area contributed by atoms with Gasteiger partial charge in [-0.3, -0.25) is 9.78 Å². The van der Waals surface area contributed by atoms with Gasteiger partial charge in [-0.25, -0.2) is 0 Å². The number of carbonyl (C=O) groups is 1. The number of anilines is 1. The smallest absolute Gasteiger partial charge is 0.291 e. The van der Waals surface area contributed by atoms with Crippen molar-refractivity contribution in [2.45, 2.75) is 26.4 Å². The van der Waals surface area contributed by atoms with Gasteiger partial charge in [-0.1, -0.05) is 48.0 Å². The van der Waals surface area contributed by atoms with E-state index in [1.807, 2.05) is 36.4 Å². The van der Waals surface area contributed by atoms with E-state index in [9.17, 15) is 4.79 Å². The number of amides is 1. The Labute approximate surface area is 183 Å². The Morgan fingerprint density at radius 2 is 1.90 bits per heavy atom. The van der Waals surface area contributed by atoms with Crippen molar-refractivity contribution >= 4 is 38.4 Å². The number of aromatic nitrogens is 1. The minimum atomic E-state index is -0.336. The number of fused-ring (bicyclic) bond motifs is 1. The van der Waals surface area contributed by atoms with Crippen molar-refractivity contribution in [2.75, 3.05) is 5.32 Å². The van der Waals surface area contributed by atoms with Crippen LogP contribution in [-0.4, -0.2) is 10.9 Å². The van der Waals surface area contributed by atoms with Crippen LogP contribution in [0.4, 0.5) is 5.69 Å². The average molecular weight is 465 g/mol. The van der Waals surface area contributed by atoms with E-state index in [-0.39, 0.29) is 18.3 Å². The lowest BCUT2D eigenvalue weighted by Gasteiger charge is -2.08. The zero-order valence-electron chi connectivity index (χ0n) is 16.7. The van der Waals surface area contributed by atoms with E-state index < -0.39 is 0 Å². The molecule has 152 valence electrons. The number of pyridine rings is 1. The summed E-state index contributed by atoms with van der Waals surface area (Å²) in [6.07, 6.45) is 1.69. The molecular formula is C24H21BrN2O3. The third kappa shape index (κ3) is 4.39. The lowest BCUT2D eigenvalue weighted by Crippen LogP contribution is -2.11. The zero-order chi connectivity index (χ0) is 21.1. The van der Waals surface area contributed by atoms with Crippen LogP contribution < -0.4 is 10.1 Å². The molecule has 5 nitrogen and oxygen atoms in total. The first-order chi connectivity index (χ1) is 14.5. The van der Waals surface area contributed by atoms with Crippen LogP contribution >= 0.6 is 15.9 Å². The van der Waals surface area contributed by atoms with Gasteiger partial charge in [-0.05, 0) is 53.9 Å². The Kier molecular flexibility index (Phi) is 5.86. The predicted molar refractivity (Wildman–Crippen MR) is 121 cm³/mol. The molecule has 1 N–H and O–H groups in total. The highest BCUT2D eigenvalue weighted by Crippen LogP contribution is 2.28. The zero-order valence-corrected chi connectivity index (χ0v) is 18.3. The molecule has 6 heteroatoms. The Balaban J connectivity index is 1.43. The lowest BCUT2D eigenvalue weighted by molar-refractivity contribution is 0.0992. The number of rotatable bonds is 6. The van der Waals surface area contributed by atoms with Crippen molar-refractivity contribution in [1.29, 1.82) is 0 Å². The fraction of sp³-hybridized carbons (Fsp3) is 0.167. The summed E-state index contributed by atoms with van der Waals surface area (Å²) in [6.45, 7) is 4.55. The minimum absolute atomic E-state index is 0.218. The molecule has 0 aliphatic rings. The summed E-state index contributed by atoms with van der Waals surface area (Å²) in [5, 5.41) is 3.80. The number of hydrogen-bond donors (Lipinski definition) is 1. The molecule has 30 heavy (non-hydrogen) atoms. The maximum absolute atomic E-state index is 12.6. The molecule has 0 saturated heterocycles. The summed E-state index contributed by atoms with van der Waals surface area (Å²) < 4.78 is 12.4. The van der Waals surface area contributed by atoms with E-state index in [0.717, 1.165) is 15.6 Å². The third-order valence-electron chi connectivity index (χ3n) is 4.78. The van der Waals surface area contributed by atoms with Crippen LogP contribution in [0, 0.1) is 0 Å². The lowest BCUT2D eigenvalue weighted by atomic mass is 10.0. The maximum atomic E-state index is 12.6. The number of halogens is 1. The van der Waals surface area contributed by atoms with Crippen molar-refractivity contribution in [3.05, 3.63) is 88.4 Å². The molecule has 2 heterocycles. The summed E-state index contributed by atoms with van der Waals surface area (Å²) in [5.74, 6) is 1.69. The number of ether oxygens (including phenoxy) is 1. The van der Waals surface area contributed by atoms with Crippen molar-refractivity contribution in [2.24, 2.45) is 0 Å². The van der Waals surface area contributed by atoms with Crippen molar-refractivity contribution in [3.8, 4) is 5.75 Å². The Morgan fingerprint density at radius 1 is 1.10 bits per heavy atom. The second-order valence-electron chi connectivity index (χ2n) is 7.23. The largest absolute Gasteiger partial charge is 0.486 e. The van der Waals surface area contributed by atoms with Gasteiger partial charge in [0.1, 0.15) is 18.1 Å². The highest BCUT2D eigenvalue weighted by molar-refractivity contribution is 9.10. The monoisotopic (exact) mass is 464 g/mol. The number of benzene rings is 2. The molecule has 1 amide bonds. The summed E-state index contributed by atoms with van der Waals surface area (Å²) in [5.41, 5.74) is 2.59. The van der Waals surface area contributed by atoms with Gasteiger partial charge in [0.2, 0.25) is 0 Å². The van der Waals surface area contributed by atoms with Crippen molar-refractivity contribution in [1.82, 2.24) is 4.98 Å². The van der Waals surface area contributed by atoms with Crippen LogP contribution in [0.1, 0.15) is 41.6 Å². The van der Waals surface area contributed by atoms with E-state index in [1.54, 1.807) is 18.3 Å². The third-order valence-corrected chi connectivity index (χ3v) is 5.47. The normalized spacial score (nSPS) is 11.1. The Morgan fingerprint density at radius 3 is 2.67 bits per heavy atom. The summed E-state index contributed by atoms with van der Waals surface area (Å²) in [4.78, 5) is 17.0. The quantitative estimate of drug-likeness (QED) is 0.351. The Hall–Kier alpha value is -3.12. The van der Waals surface area contributed by atoms with E-state index in [0.29, 0.717) is 22.9 Å². The van der Waals surface area contributed by atoms with E-state index in [4.69, 9.17) is 9.15 Å². The first-order valence-electron chi connectivity index (χ1n) is 9.67. The molecule has 2 aromatic carbocycles. The van der Waals surface area contributed by atoms with Gasteiger partial charge in [-0.15, -0.1) is 0 Å². The summed E-state index contributed by atoms with van der Waals surface area (Å²) in [7, 11) is 0. The number of hydrogen-bond acceptors (Lipinski definition) is 4. The topological polar surface area (TPSA) is 64.4 Å². The van der Waals surface area contributed by atoms with Crippen LogP contribution in [0.3, 0.4) is 0 Å². The molecule has 0 saturated carbocycles. The standard InChI is InChI=1S/C24H21BrN2O3/c1-15(2)16-5-7-17(8-6-16)29-14-18-9-12-22(30-18)24(28)27-21-11-10-20(25)19-4-3-13-26-23(19)21/h3-13,15H,14H2,1-2H3,(H,27,28). The first kappa shape index (κ1) is 20.2. The molecule has 0 bridgehead atoms. The molecule has 2 aromatic heterocycles. The predicted octanol–water partition coefficient (Wildman–Crippen LogP) is 6.55. The van der Waals surface area contributed by atoms with Crippen molar-refractivity contribution < 1.29 is 13.9 Å². The van der Waals surface area contributed by atoms with Gasteiger partial charge in [0.25, 0.3) is 5.91 Å². The van der Waals surface area contributed by atoms with Crippen molar-refractivity contribution in [3.63, 3.8) is 0 Å². The number of carbonyl (C=O) groups excluding carboxylic acids is 1. The molecule has 0 fully saturated rings. The van der Waals surface area contributed by atoms with E-state index in [1.165, 1.54) is 5.56 Å². The maximum Gasteiger partial charge on any atom is 0.291 e. The fourth-order valence-electron chi connectivity index (χ4n) is 3.10. The molecule has 0 aliphatic heterocycles. The van der Waals surface area contributed by atoms with Gasteiger partial charge in [0.05, 0.1) is 11.2 Å². The van der Waals surface area contributed by atoms with Gasteiger partial charge in [-0.2, -0.15) is 0 Å². The first-order valence-corrected chi connectivity index (χ1v) is 10.5. The van der Waals surface area contributed by atoms with Gasteiger partial charge >= 0.3 is 0 Å². The van der Waals surface area contributed by atoms with Gasteiger partial charge in [0.15, 0.2) is 5.76 Å². The van der Waals surface area contributed by atoms with Crippen LogP contribution in [0.15, 0.2) is 75.8 Å². The molecule has 4 aromatic rings. The van der Waals surface area contributed by atoms with Crippen LogP contribution in [0.25, 0.3) is 10.9 Å². The van der Waals surface area contributed by atoms with Crippen LogP contribution in [0.5, 0.6) is 5.75 Å². The molecular weight excluding hydrogens is 444 g/mol. The van der Waals surface area contributed by atoms with E-state index in [2.05, 4.69) is 52.2 Å². The average Bonchev–Trinajstić information content (AvgIpc) is 3.24. The summed E-state index contributed by atoms with van der Waals surface area (Å²) in [6, 6.07) is 18.9. The second-order valence-corrected chi connectivity index (χ2v) is 8.08.